The zero-order valence-corrected chi connectivity index (χ0v) is 19.4. The predicted octanol–water partition coefficient (Wildman–Crippen LogP) is 3.46. The first-order valence-corrected chi connectivity index (χ1v) is 10.7. The number of aryl methyl sites for hydroxylation is 1. The maximum absolute atomic E-state index is 13.8. The van der Waals surface area contributed by atoms with Crippen LogP contribution in [0, 0.1) is 24.4 Å². The Hall–Kier alpha value is -3.86. The number of halogens is 3. The van der Waals surface area contributed by atoms with Gasteiger partial charge in [-0.15, -0.1) is 0 Å². The third-order valence-corrected chi connectivity index (χ3v) is 5.63. The number of aliphatic hydroxyl groups is 1. The molecule has 1 aliphatic rings. The van der Waals surface area contributed by atoms with Crippen LogP contribution in [0.1, 0.15) is 30.8 Å². The number of hydrogen-bond donors (Lipinski definition) is 1. The van der Waals surface area contributed by atoms with Gasteiger partial charge in [0, 0.05) is 5.56 Å². The first kappa shape index (κ1) is 24.3. The van der Waals surface area contributed by atoms with Gasteiger partial charge in [-0.1, -0.05) is 6.07 Å². The van der Waals surface area contributed by atoms with E-state index in [0.29, 0.717) is 35.0 Å². The third kappa shape index (κ3) is 4.59. The van der Waals surface area contributed by atoms with Gasteiger partial charge in [-0.25, -0.2) is 22.8 Å². The van der Waals surface area contributed by atoms with E-state index in [9.17, 15) is 23.1 Å². The van der Waals surface area contributed by atoms with Crippen molar-refractivity contribution in [3.05, 3.63) is 76.8 Å². The lowest BCUT2D eigenvalue weighted by Gasteiger charge is -2.42. The molecular formula is C24H23F3N4O4. The SMILES string of the molecule is COc1cc(/C=C2\O[C@@H](C)CN([C@](C)(O)c3cc(F)c(F)c(F)c3)C2=O)ccc1-n1cnc(C)n1. The van der Waals surface area contributed by atoms with E-state index in [4.69, 9.17) is 9.47 Å². The van der Waals surface area contributed by atoms with Crippen molar-refractivity contribution in [2.75, 3.05) is 13.7 Å². The van der Waals surface area contributed by atoms with Crippen LogP contribution >= 0.6 is 0 Å². The minimum absolute atomic E-state index is 0.0717. The van der Waals surface area contributed by atoms with Crippen molar-refractivity contribution in [1.29, 1.82) is 0 Å². The topological polar surface area (TPSA) is 89.7 Å². The van der Waals surface area contributed by atoms with E-state index in [1.165, 1.54) is 20.1 Å². The van der Waals surface area contributed by atoms with Crippen LogP contribution < -0.4 is 4.74 Å². The van der Waals surface area contributed by atoms with E-state index >= 15 is 0 Å². The number of carbonyl (C=O) groups excluding carboxylic acids is 1. The molecule has 1 amide bonds. The highest BCUT2D eigenvalue weighted by atomic mass is 19.2. The molecule has 1 aromatic heterocycles. The van der Waals surface area contributed by atoms with Gasteiger partial charge in [-0.05, 0) is 56.7 Å². The van der Waals surface area contributed by atoms with Crippen LogP contribution in [0.4, 0.5) is 13.2 Å². The average Bonchev–Trinajstić information content (AvgIpc) is 3.24. The fourth-order valence-electron chi connectivity index (χ4n) is 3.82. The van der Waals surface area contributed by atoms with Crippen molar-refractivity contribution in [1.82, 2.24) is 19.7 Å². The molecular weight excluding hydrogens is 465 g/mol. The van der Waals surface area contributed by atoms with Gasteiger partial charge in [-0.2, -0.15) is 5.10 Å². The highest BCUT2D eigenvalue weighted by molar-refractivity contribution is 5.97. The monoisotopic (exact) mass is 488 g/mol. The largest absolute Gasteiger partial charge is 0.494 e. The molecule has 2 aromatic carbocycles. The van der Waals surface area contributed by atoms with Crippen LogP contribution in [0.3, 0.4) is 0 Å². The second kappa shape index (κ2) is 9.06. The van der Waals surface area contributed by atoms with E-state index in [1.54, 1.807) is 43.1 Å². The molecule has 1 saturated heterocycles. The molecule has 1 fully saturated rings. The Bertz CT molecular complexity index is 1300. The molecule has 4 rings (SSSR count). The molecule has 184 valence electrons. The van der Waals surface area contributed by atoms with Crippen LogP contribution in [-0.2, 0) is 15.3 Å². The van der Waals surface area contributed by atoms with Gasteiger partial charge in [0.15, 0.2) is 28.9 Å². The Morgan fingerprint density at radius 3 is 2.51 bits per heavy atom. The molecule has 0 bridgehead atoms. The van der Waals surface area contributed by atoms with Crippen molar-refractivity contribution in [2.24, 2.45) is 0 Å². The van der Waals surface area contributed by atoms with Gasteiger partial charge in [0.2, 0.25) is 0 Å². The molecule has 0 saturated carbocycles. The maximum Gasteiger partial charge on any atom is 0.291 e. The van der Waals surface area contributed by atoms with Crippen LogP contribution in [0.5, 0.6) is 5.75 Å². The fourth-order valence-corrected chi connectivity index (χ4v) is 3.82. The quantitative estimate of drug-likeness (QED) is 0.437. The van der Waals surface area contributed by atoms with Gasteiger partial charge in [0.1, 0.15) is 29.7 Å². The van der Waals surface area contributed by atoms with Crippen molar-refractivity contribution in [3.63, 3.8) is 0 Å². The number of hydrogen-bond acceptors (Lipinski definition) is 6. The van der Waals surface area contributed by atoms with Crippen molar-refractivity contribution >= 4 is 12.0 Å². The summed E-state index contributed by atoms with van der Waals surface area (Å²) in [5.41, 5.74) is -1.27. The summed E-state index contributed by atoms with van der Waals surface area (Å²) in [6.45, 7) is 4.55. The number of carbonyl (C=O) groups is 1. The number of rotatable bonds is 5. The van der Waals surface area contributed by atoms with E-state index < -0.39 is 35.2 Å². The Balaban J connectivity index is 1.68. The minimum Gasteiger partial charge on any atom is -0.494 e. The smallest absolute Gasteiger partial charge is 0.291 e. The summed E-state index contributed by atoms with van der Waals surface area (Å²) in [6, 6.07) is 6.43. The van der Waals surface area contributed by atoms with E-state index in [0.717, 1.165) is 4.90 Å². The summed E-state index contributed by atoms with van der Waals surface area (Å²) in [4.78, 5) is 18.3. The maximum atomic E-state index is 13.8. The molecule has 2 heterocycles. The van der Waals surface area contributed by atoms with Crippen molar-refractivity contribution in [3.8, 4) is 11.4 Å². The molecule has 0 radical (unpaired) electrons. The zero-order chi connectivity index (χ0) is 25.5. The minimum atomic E-state index is -2.14. The van der Waals surface area contributed by atoms with Gasteiger partial charge in [0.25, 0.3) is 5.91 Å². The molecule has 2 atom stereocenters. The lowest BCUT2D eigenvalue weighted by atomic mass is 10.00. The highest BCUT2D eigenvalue weighted by Gasteiger charge is 2.42. The number of methoxy groups -OCH3 is 1. The van der Waals surface area contributed by atoms with Gasteiger partial charge >= 0.3 is 0 Å². The standard InChI is InChI=1S/C24H23F3N4O4/c1-13-11-30(24(3,33)16-9-17(25)22(27)18(26)10-16)23(32)21(35-13)8-15-5-6-19(20(7-15)34-4)31-12-28-14(2)29-31/h5-10,12-13,33H,11H2,1-4H3/b21-8-/t13-,24+/m0/s1. The van der Waals surface area contributed by atoms with Crippen LogP contribution in [0.15, 0.2) is 42.4 Å². The van der Waals surface area contributed by atoms with Crippen LogP contribution in [0.2, 0.25) is 0 Å². The summed E-state index contributed by atoms with van der Waals surface area (Å²) < 4.78 is 53.8. The van der Waals surface area contributed by atoms with Crippen molar-refractivity contribution in [2.45, 2.75) is 32.6 Å². The first-order valence-electron chi connectivity index (χ1n) is 10.7. The molecule has 3 aromatic rings. The second-order valence-electron chi connectivity index (χ2n) is 8.30. The number of aromatic nitrogens is 3. The van der Waals surface area contributed by atoms with Crippen LogP contribution in [0.25, 0.3) is 11.8 Å². The Morgan fingerprint density at radius 2 is 1.91 bits per heavy atom. The van der Waals surface area contributed by atoms with Gasteiger partial charge in [0.05, 0.1) is 13.7 Å². The summed E-state index contributed by atoms with van der Waals surface area (Å²) in [7, 11) is 1.49. The van der Waals surface area contributed by atoms with E-state index in [1.807, 2.05) is 0 Å². The Morgan fingerprint density at radius 1 is 1.23 bits per heavy atom. The summed E-state index contributed by atoms with van der Waals surface area (Å²) >= 11 is 0. The Kier molecular flexibility index (Phi) is 6.28. The molecule has 1 N–H and O–H groups in total. The number of morpholine rings is 1. The molecule has 0 aliphatic carbocycles. The van der Waals surface area contributed by atoms with Gasteiger partial charge in [-0.3, -0.25) is 4.79 Å². The lowest BCUT2D eigenvalue weighted by molar-refractivity contribution is -0.172. The number of amides is 1. The summed E-state index contributed by atoms with van der Waals surface area (Å²) in [6.07, 6.45) is 2.45. The molecule has 8 nitrogen and oxygen atoms in total. The Labute approximate surface area is 199 Å². The van der Waals surface area contributed by atoms with Crippen LogP contribution in [-0.4, -0.2) is 50.4 Å². The van der Waals surface area contributed by atoms with Gasteiger partial charge < -0.3 is 19.5 Å². The molecule has 11 heteroatoms. The van der Waals surface area contributed by atoms with E-state index in [-0.39, 0.29) is 17.9 Å². The zero-order valence-electron chi connectivity index (χ0n) is 19.4. The molecule has 0 unspecified atom stereocenters. The second-order valence-corrected chi connectivity index (χ2v) is 8.30. The summed E-state index contributed by atoms with van der Waals surface area (Å²) in [5.74, 6) is -4.38. The molecule has 1 aliphatic heterocycles. The molecule has 0 spiro atoms. The van der Waals surface area contributed by atoms with E-state index in [2.05, 4.69) is 10.1 Å². The third-order valence-electron chi connectivity index (χ3n) is 5.63. The number of ether oxygens (including phenoxy) is 2. The number of nitrogens with zero attached hydrogens (tertiary/aromatic N) is 4. The molecule has 35 heavy (non-hydrogen) atoms. The summed E-state index contributed by atoms with van der Waals surface area (Å²) in [5, 5.41) is 15.4. The average molecular weight is 488 g/mol. The normalized spacial score (nSPS) is 19.0. The fraction of sp³-hybridized carbons (Fsp3) is 0.292. The highest BCUT2D eigenvalue weighted by Crippen LogP contribution is 2.33. The predicted molar refractivity (Wildman–Crippen MR) is 119 cm³/mol. The first-order chi connectivity index (χ1) is 16.5. The lowest BCUT2D eigenvalue weighted by Crippen LogP contribution is -2.54. The number of benzene rings is 2. The van der Waals surface area contributed by atoms with Crippen molar-refractivity contribution < 1.29 is 32.5 Å².